The highest BCUT2D eigenvalue weighted by Gasteiger charge is 2.25. The Morgan fingerprint density at radius 3 is 2.85 bits per heavy atom. The lowest BCUT2D eigenvalue weighted by Gasteiger charge is -2.28. The molecule has 6 heteroatoms. The van der Waals surface area contributed by atoms with Crippen molar-refractivity contribution in [1.29, 1.82) is 0 Å². The van der Waals surface area contributed by atoms with Crippen molar-refractivity contribution in [2.75, 3.05) is 6.54 Å². The van der Waals surface area contributed by atoms with Gasteiger partial charge in [-0.25, -0.2) is 4.98 Å². The van der Waals surface area contributed by atoms with E-state index in [4.69, 9.17) is 0 Å². The van der Waals surface area contributed by atoms with Crippen LogP contribution in [-0.4, -0.2) is 33.2 Å². The van der Waals surface area contributed by atoms with E-state index in [-0.39, 0.29) is 5.91 Å². The van der Waals surface area contributed by atoms with E-state index in [1.54, 1.807) is 17.3 Å². The third-order valence-electron chi connectivity index (χ3n) is 3.43. The highest BCUT2D eigenvalue weighted by Crippen LogP contribution is 2.21. The van der Waals surface area contributed by atoms with Gasteiger partial charge in [0, 0.05) is 17.6 Å². The lowest BCUT2D eigenvalue weighted by atomic mass is 10.1. The molecular formula is C14H12BrN3O2. The van der Waals surface area contributed by atoms with E-state index in [0.29, 0.717) is 30.9 Å². The number of fused-ring (bicyclic) bond motifs is 1. The van der Waals surface area contributed by atoms with Gasteiger partial charge in [-0.2, -0.15) is 0 Å². The van der Waals surface area contributed by atoms with Gasteiger partial charge in [-0.1, -0.05) is 12.1 Å². The minimum Gasteiger partial charge on any atom is -0.331 e. The molecular weight excluding hydrogens is 322 g/mol. The topological polar surface area (TPSA) is 55.2 Å². The van der Waals surface area contributed by atoms with Gasteiger partial charge in [0.15, 0.2) is 6.29 Å². The number of hydrogen-bond donors (Lipinski definition) is 0. The van der Waals surface area contributed by atoms with Crippen LogP contribution in [0.2, 0.25) is 0 Å². The molecule has 2 heterocycles. The number of halogens is 1. The Bertz CT molecular complexity index is 681. The first-order chi connectivity index (χ1) is 9.70. The Morgan fingerprint density at radius 2 is 2.10 bits per heavy atom. The van der Waals surface area contributed by atoms with E-state index in [0.717, 1.165) is 16.5 Å². The van der Waals surface area contributed by atoms with Crippen LogP contribution in [0, 0.1) is 0 Å². The van der Waals surface area contributed by atoms with Gasteiger partial charge in [-0.05, 0) is 28.1 Å². The number of benzene rings is 1. The van der Waals surface area contributed by atoms with Crippen LogP contribution in [0.4, 0.5) is 0 Å². The molecule has 1 aromatic carbocycles. The van der Waals surface area contributed by atoms with Crippen molar-refractivity contribution in [3.8, 4) is 0 Å². The van der Waals surface area contributed by atoms with Crippen molar-refractivity contribution >= 4 is 28.1 Å². The van der Waals surface area contributed by atoms with Crippen LogP contribution in [0.3, 0.4) is 0 Å². The average molecular weight is 334 g/mol. The molecule has 0 saturated heterocycles. The molecule has 0 bridgehead atoms. The van der Waals surface area contributed by atoms with Crippen LogP contribution in [-0.2, 0) is 13.1 Å². The SMILES string of the molecule is O=Cc1ncn2c1CN(C(=O)c1ccccc1Br)CC2. The van der Waals surface area contributed by atoms with Gasteiger partial charge in [0.05, 0.1) is 24.1 Å². The van der Waals surface area contributed by atoms with Crippen LogP contribution in [0.1, 0.15) is 26.5 Å². The molecule has 0 fully saturated rings. The molecule has 1 aromatic heterocycles. The lowest BCUT2D eigenvalue weighted by molar-refractivity contribution is 0.0708. The first-order valence-corrected chi connectivity index (χ1v) is 7.03. The van der Waals surface area contributed by atoms with Crippen molar-refractivity contribution in [2.45, 2.75) is 13.1 Å². The van der Waals surface area contributed by atoms with Crippen molar-refractivity contribution in [1.82, 2.24) is 14.5 Å². The first-order valence-electron chi connectivity index (χ1n) is 6.23. The number of nitrogens with zero attached hydrogens (tertiary/aromatic N) is 3. The van der Waals surface area contributed by atoms with Crippen molar-refractivity contribution in [3.05, 3.63) is 52.0 Å². The monoisotopic (exact) mass is 333 g/mol. The van der Waals surface area contributed by atoms with E-state index < -0.39 is 0 Å². The number of imidazole rings is 1. The second-order valence-electron chi connectivity index (χ2n) is 4.59. The molecule has 0 radical (unpaired) electrons. The molecule has 2 aromatic rings. The van der Waals surface area contributed by atoms with E-state index in [2.05, 4.69) is 20.9 Å². The Balaban J connectivity index is 1.88. The molecule has 5 nitrogen and oxygen atoms in total. The fourth-order valence-electron chi connectivity index (χ4n) is 2.35. The lowest BCUT2D eigenvalue weighted by Crippen LogP contribution is -2.38. The quantitative estimate of drug-likeness (QED) is 0.791. The zero-order valence-electron chi connectivity index (χ0n) is 10.6. The fourth-order valence-corrected chi connectivity index (χ4v) is 2.81. The van der Waals surface area contributed by atoms with Crippen LogP contribution in [0.15, 0.2) is 35.1 Å². The summed E-state index contributed by atoms with van der Waals surface area (Å²) in [6.07, 6.45) is 2.39. The van der Waals surface area contributed by atoms with E-state index in [1.807, 2.05) is 22.8 Å². The predicted octanol–water partition coefficient (Wildman–Crippen LogP) is 2.11. The number of carbonyl (C=O) groups is 2. The standard InChI is InChI=1S/C14H12BrN3O2/c15-11-4-2-1-3-10(11)14(20)17-5-6-18-9-16-12(8-19)13(18)7-17/h1-4,8-9H,5-7H2. The molecule has 102 valence electrons. The number of aldehydes is 1. The third kappa shape index (κ3) is 2.16. The molecule has 1 amide bonds. The van der Waals surface area contributed by atoms with Gasteiger partial charge in [-0.15, -0.1) is 0 Å². The Morgan fingerprint density at radius 1 is 1.30 bits per heavy atom. The van der Waals surface area contributed by atoms with Gasteiger partial charge in [0.25, 0.3) is 5.91 Å². The van der Waals surface area contributed by atoms with E-state index in [9.17, 15) is 9.59 Å². The van der Waals surface area contributed by atoms with Crippen molar-refractivity contribution < 1.29 is 9.59 Å². The van der Waals surface area contributed by atoms with Gasteiger partial charge in [0.2, 0.25) is 0 Å². The van der Waals surface area contributed by atoms with Crippen LogP contribution >= 0.6 is 15.9 Å². The Labute approximate surface area is 124 Å². The number of carbonyl (C=O) groups excluding carboxylic acids is 2. The van der Waals surface area contributed by atoms with Crippen LogP contribution in [0.25, 0.3) is 0 Å². The second kappa shape index (κ2) is 5.20. The predicted molar refractivity (Wildman–Crippen MR) is 76.5 cm³/mol. The average Bonchev–Trinajstić information content (AvgIpc) is 2.89. The molecule has 0 N–H and O–H groups in total. The molecule has 1 aliphatic heterocycles. The maximum Gasteiger partial charge on any atom is 0.255 e. The number of amides is 1. The van der Waals surface area contributed by atoms with Gasteiger partial charge in [-0.3, -0.25) is 9.59 Å². The summed E-state index contributed by atoms with van der Waals surface area (Å²) in [6.45, 7) is 1.68. The number of rotatable bonds is 2. The molecule has 0 atom stereocenters. The molecule has 3 rings (SSSR count). The summed E-state index contributed by atoms with van der Waals surface area (Å²) in [5.74, 6) is -0.0400. The first kappa shape index (κ1) is 13.1. The molecule has 0 saturated carbocycles. The molecule has 1 aliphatic rings. The zero-order valence-corrected chi connectivity index (χ0v) is 12.2. The summed E-state index contributed by atoms with van der Waals surface area (Å²) in [4.78, 5) is 29.3. The largest absolute Gasteiger partial charge is 0.331 e. The normalized spacial score (nSPS) is 13.9. The Hall–Kier alpha value is -1.95. The minimum atomic E-state index is -0.0400. The minimum absolute atomic E-state index is 0.0400. The summed E-state index contributed by atoms with van der Waals surface area (Å²) >= 11 is 3.39. The highest BCUT2D eigenvalue weighted by atomic mass is 79.9. The molecule has 0 spiro atoms. The van der Waals surface area contributed by atoms with Gasteiger partial charge >= 0.3 is 0 Å². The van der Waals surface area contributed by atoms with E-state index >= 15 is 0 Å². The fraction of sp³-hybridized carbons (Fsp3) is 0.214. The van der Waals surface area contributed by atoms with Gasteiger partial charge < -0.3 is 9.47 Å². The zero-order chi connectivity index (χ0) is 14.1. The van der Waals surface area contributed by atoms with Crippen molar-refractivity contribution in [2.24, 2.45) is 0 Å². The molecule has 20 heavy (non-hydrogen) atoms. The maximum absolute atomic E-state index is 12.5. The molecule has 0 aliphatic carbocycles. The van der Waals surface area contributed by atoms with Crippen molar-refractivity contribution in [3.63, 3.8) is 0 Å². The van der Waals surface area contributed by atoms with Crippen LogP contribution < -0.4 is 0 Å². The maximum atomic E-state index is 12.5. The second-order valence-corrected chi connectivity index (χ2v) is 5.45. The Kier molecular flexibility index (Phi) is 3.40. The third-order valence-corrected chi connectivity index (χ3v) is 4.12. The summed E-state index contributed by atoms with van der Waals surface area (Å²) < 4.78 is 2.70. The van der Waals surface area contributed by atoms with E-state index in [1.165, 1.54) is 0 Å². The summed E-state index contributed by atoms with van der Waals surface area (Å²) in [5.41, 5.74) is 1.84. The number of aromatic nitrogens is 2. The summed E-state index contributed by atoms with van der Waals surface area (Å²) in [7, 11) is 0. The summed E-state index contributed by atoms with van der Waals surface area (Å²) in [6, 6.07) is 7.34. The smallest absolute Gasteiger partial charge is 0.255 e. The van der Waals surface area contributed by atoms with Crippen LogP contribution in [0.5, 0.6) is 0 Å². The highest BCUT2D eigenvalue weighted by molar-refractivity contribution is 9.10. The van der Waals surface area contributed by atoms with Gasteiger partial charge in [0.1, 0.15) is 5.69 Å². The number of hydrogen-bond acceptors (Lipinski definition) is 3. The molecule has 0 unspecified atom stereocenters. The summed E-state index contributed by atoms with van der Waals surface area (Å²) in [5, 5.41) is 0.